The average Bonchev–Trinajstić information content (AvgIpc) is 1.96. The molecule has 0 atom stereocenters. The van der Waals surface area contributed by atoms with E-state index >= 15 is 0 Å². The number of rotatable bonds is 2. The predicted molar refractivity (Wildman–Crippen MR) is 44.5 cm³/mol. The molecule has 0 saturated heterocycles. The first-order valence-electron chi connectivity index (χ1n) is 3.77. The molecule has 0 spiro atoms. The van der Waals surface area contributed by atoms with E-state index in [9.17, 15) is 4.39 Å². The number of halogens is 1. The highest BCUT2D eigenvalue weighted by molar-refractivity contribution is 5.31. The van der Waals surface area contributed by atoms with Gasteiger partial charge < -0.3 is 5.21 Å². The highest BCUT2D eigenvalue weighted by atomic mass is 19.1. The normalized spacial score (nSPS) is 10.3. The van der Waals surface area contributed by atoms with Crippen molar-refractivity contribution in [3.8, 4) is 0 Å². The van der Waals surface area contributed by atoms with Crippen LogP contribution >= 0.6 is 0 Å². The summed E-state index contributed by atoms with van der Waals surface area (Å²) in [4.78, 5) is 0. The highest BCUT2D eigenvalue weighted by Gasteiger charge is 2.05. The van der Waals surface area contributed by atoms with Gasteiger partial charge in [-0.3, -0.25) is 0 Å². The lowest BCUT2D eigenvalue weighted by atomic mass is 10.1. The second-order valence-electron chi connectivity index (χ2n) is 2.88. The van der Waals surface area contributed by atoms with E-state index < -0.39 is 0 Å². The molecule has 66 valence electrons. The second kappa shape index (κ2) is 3.65. The summed E-state index contributed by atoms with van der Waals surface area (Å²) in [7, 11) is 0. The van der Waals surface area contributed by atoms with E-state index in [1.807, 2.05) is 25.4 Å². The van der Waals surface area contributed by atoms with Crippen LogP contribution in [0.25, 0.3) is 0 Å². The summed E-state index contributed by atoms with van der Waals surface area (Å²) in [5.41, 5.74) is 4.21. The van der Waals surface area contributed by atoms with Gasteiger partial charge in [-0.15, -0.1) is 0 Å². The van der Waals surface area contributed by atoms with E-state index in [-0.39, 0.29) is 12.4 Å². The van der Waals surface area contributed by atoms with Crippen LogP contribution in [0.2, 0.25) is 0 Å². The molecule has 1 rings (SSSR count). The number of benzene rings is 1. The van der Waals surface area contributed by atoms with E-state index in [4.69, 9.17) is 5.21 Å². The molecule has 1 aromatic rings. The van der Waals surface area contributed by atoms with E-state index in [0.29, 0.717) is 5.56 Å². The summed E-state index contributed by atoms with van der Waals surface area (Å²) in [6.07, 6.45) is 0. The van der Waals surface area contributed by atoms with Gasteiger partial charge in [-0.25, -0.2) is 9.87 Å². The minimum absolute atomic E-state index is 0.151. The van der Waals surface area contributed by atoms with Crippen LogP contribution in [0.4, 0.5) is 4.39 Å². The molecular formula is C9H12FNO. The van der Waals surface area contributed by atoms with Crippen LogP contribution in [0.5, 0.6) is 0 Å². The molecule has 2 N–H and O–H groups in total. The standard InChI is InChI=1S/C9H12FNO/c1-6-3-7(2)8(5-11-12)9(10)4-6/h3-4,11-12H,5H2,1-2H3. The Kier molecular flexibility index (Phi) is 2.78. The first-order valence-corrected chi connectivity index (χ1v) is 3.77. The second-order valence-corrected chi connectivity index (χ2v) is 2.88. The third kappa shape index (κ3) is 1.81. The predicted octanol–water partition coefficient (Wildman–Crippen LogP) is 1.92. The fourth-order valence-corrected chi connectivity index (χ4v) is 1.25. The topological polar surface area (TPSA) is 32.3 Å². The summed E-state index contributed by atoms with van der Waals surface area (Å²) < 4.78 is 13.1. The van der Waals surface area contributed by atoms with Gasteiger partial charge in [0.25, 0.3) is 0 Å². The molecule has 0 heterocycles. The molecule has 0 fully saturated rings. The summed E-state index contributed by atoms with van der Waals surface area (Å²) in [5.74, 6) is -0.269. The molecule has 1 aromatic carbocycles. The van der Waals surface area contributed by atoms with Gasteiger partial charge in [0.1, 0.15) is 5.82 Å². The van der Waals surface area contributed by atoms with Gasteiger partial charge in [0.15, 0.2) is 0 Å². The Morgan fingerprint density at radius 2 is 2.08 bits per heavy atom. The number of aryl methyl sites for hydroxylation is 2. The Hall–Kier alpha value is -0.930. The highest BCUT2D eigenvalue weighted by Crippen LogP contribution is 2.14. The third-order valence-corrected chi connectivity index (χ3v) is 1.82. The number of nitrogens with one attached hydrogen (secondary N) is 1. The van der Waals surface area contributed by atoms with Crippen molar-refractivity contribution < 1.29 is 9.60 Å². The summed E-state index contributed by atoms with van der Waals surface area (Å²) in [6, 6.07) is 3.34. The van der Waals surface area contributed by atoms with Gasteiger partial charge in [0.2, 0.25) is 0 Å². The average molecular weight is 169 g/mol. The van der Waals surface area contributed by atoms with Crippen molar-refractivity contribution in [3.63, 3.8) is 0 Å². The Morgan fingerprint density at radius 1 is 1.42 bits per heavy atom. The van der Waals surface area contributed by atoms with Crippen LogP contribution in [0.3, 0.4) is 0 Å². The minimum atomic E-state index is -0.269. The molecule has 0 amide bonds. The summed E-state index contributed by atoms with van der Waals surface area (Å²) in [6.45, 7) is 3.81. The van der Waals surface area contributed by atoms with E-state index in [0.717, 1.165) is 11.1 Å². The summed E-state index contributed by atoms with van der Waals surface area (Å²) in [5, 5.41) is 8.42. The molecule has 0 bridgehead atoms. The Bertz CT molecular complexity index is 263. The summed E-state index contributed by atoms with van der Waals surface area (Å²) >= 11 is 0. The molecule has 0 radical (unpaired) electrons. The zero-order valence-electron chi connectivity index (χ0n) is 7.19. The van der Waals surface area contributed by atoms with Gasteiger partial charge in [-0.05, 0) is 31.0 Å². The van der Waals surface area contributed by atoms with Crippen LogP contribution in [0.1, 0.15) is 16.7 Å². The molecule has 12 heavy (non-hydrogen) atoms. The van der Waals surface area contributed by atoms with Crippen molar-refractivity contribution in [2.45, 2.75) is 20.4 Å². The van der Waals surface area contributed by atoms with Crippen molar-refractivity contribution in [2.24, 2.45) is 0 Å². The number of hydrogen-bond acceptors (Lipinski definition) is 2. The van der Waals surface area contributed by atoms with Crippen LogP contribution < -0.4 is 5.48 Å². The molecule has 0 unspecified atom stereocenters. The van der Waals surface area contributed by atoms with Crippen LogP contribution in [0.15, 0.2) is 12.1 Å². The lowest BCUT2D eigenvalue weighted by molar-refractivity contribution is 0.159. The van der Waals surface area contributed by atoms with Crippen molar-refractivity contribution in [1.29, 1.82) is 0 Å². The van der Waals surface area contributed by atoms with Gasteiger partial charge in [0, 0.05) is 12.1 Å². The first-order chi connectivity index (χ1) is 5.65. The minimum Gasteiger partial charge on any atom is -0.316 e. The largest absolute Gasteiger partial charge is 0.316 e. The molecule has 0 aliphatic carbocycles. The maximum absolute atomic E-state index is 13.1. The van der Waals surface area contributed by atoms with Crippen LogP contribution in [-0.4, -0.2) is 5.21 Å². The monoisotopic (exact) mass is 169 g/mol. The van der Waals surface area contributed by atoms with Gasteiger partial charge in [0.05, 0.1) is 0 Å². The van der Waals surface area contributed by atoms with Crippen molar-refractivity contribution in [1.82, 2.24) is 5.48 Å². The molecule has 0 saturated carbocycles. The lowest BCUT2D eigenvalue weighted by Crippen LogP contribution is -2.09. The van der Waals surface area contributed by atoms with Crippen molar-refractivity contribution in [2.75, 3.05) is 0 Å². The van der Waals surface area contributed by atoms with E-state index in [1.165, 1.54) is 6.07 Å². The van der Waals surface area contributed by atoms with E-state index in [2.05, 4.69) is 0 Å². The molecule has 3 heteroatoms. The fraction of sp³-hybridized carbons (Fsp3) is 0.333. The molecule has 2 nitrogen and oxygen atoms in total. The van der Waals surface area contributed by atoms with Crippen LogP contribution in [0, 0.1) is 19.7 Å². The Labute approximate surface area is 71.0 Å². The van der Waals surface area contributed by atoms with Crippen molar-refractivity contribution in [3.05, 3.63) is 34.6 Å². The quantitative estimate of drug-likeness (QED) is 0.663. The third-order valence-electron chi connectivity index (χ3n) is 1.82. The van der Waals surface area contributed by atoms with Gasteiger partial charge >= 0.3 is 0 Å². The molecule has 0 aromatic heterocycles. The van der Waals surface area contributed by atoms with Crippen LogP contribution in [-0.2, 0) is 6.54 Å². The number of hydrogen-bond donors (Lipinski definition) is 2. The lowest BCUT2D eigenvalue weighted by Gasteiger charge is -2.06. The van der Waals surface area contributed by atoms with Crippen molar-refractivity contribution >= 4 is 0 Å². The Balaban J connectivity index is 3.10. The SMILES string of the molecule is Cc1cc(C)c(CNO)c(F)c1. The molecule has 0 aliphatic rings. The molecule has 0 aliphatic heterocycles. The van der Waals surface area contributed by atoms with E-state index in [1.54, 1.807) is 0 Å². The smallest absolute Gasteiger partial charge is 0.128 e. The zero-order valence-corrected chi connectivity index (χ0v) is 7.19. The maximum Gasteiger partial charge on any atom is 0.128 e. The van der Waals surface area contributed by atoms with Gasteiger partial charge in [-0.2, -0.15) is 0 Å². The molecular weight excluding hydrogens is 157 g/mol. The first kappa shape index (κ1) is 9.16. The Morgan fingerprint density at radius 3 is 2.58 bits per heavy atom. The maximum atomic E-state index is 13.1. The van der Waals surface area contributed by atoms with Gasteiger partial charge in [-0.1, -0.05) is 6.07 Å². The fourth-order valence-electron chi connectivity index (χ4n) is 1.25. The number of hydroxylamine groups is 1. The zero-order chi connectivity index (χ0) is 9.14.